The minimum atomic E-state index is 0.724. The number of allylic oxidation sites excluding steroid dienone is 1. The van der Waals surface area contributed by atoms with E-state index >= 15 is 0 Å². The quantitative estimate of drug-likeness (QED) is 0.555. The van der Waals surface area contributed by atoms with E-state index in [4.69, 9.17) is 0 Å². The van der Waals surface area contributed by atoms with Gasteiger partial charge >= 0.3 is 0 Å². The normalized spacial score (nSPS) is 11.8. The Hall–Kier alpha value is -1.16. The van der Waals surface area contributed by atoms with Gasteiger partial charge in [-0.3, -0.25) is 4.68 Å². The summed E-state index contributed by atoms with van der Waals surface area (Å²) in [6.45, 7) is 9.56. The molecule has 0 fully saturated rings. The predicted octanol–water partition coefficient (Wildman–Crippen LogP) is 2.03. The zero-order chi connectivity index (χ0) is 12.5. The van der Waals surface area contributed by atoms with E-state index in [0.717, 1.165) is 44.2 Å². The van der Waals surface area contributed by atoms with Crippen LogP contribution in [0.3, 0.4) is 0 Å². The molecule has 4 nitrogen and oxygen atoms in total. The maximum Gasteiger partial charge on any atom is 0.138 e. The topological polar surface area (TPSA) is 42.7 Å². The molecule has 0 aliphatic rings. The van der Waals surface area contributed by atoms with E-state index in [-0.39, 0.29) is 0 Å². The van der Waals surface area contributed by atoms with E-state index < -0.39 is 0 Å². The third-order valence-corrected chi connectivity index (χ3v) is 2.50. The molecule has 0 amide bonds. The third-order valence-electron chi connectivity index (χ3n) is 2.50. The van der Waals surface area contributed by atoms with E-state index in [1.165, 1.54) is 0 Å². The van der Waals surface area contributed by atoms with Crippen molar-refractivity contribution in [1.82, 2.24) is 20.1 Å². The van der Waals surface area contributed by atoms with Gasteiger partial charge in [-0.25, -0.2) is 4.98 Å². The van der Waals surface area contributed by atoms with Crippen LogP contribution in [0.2, 0.25) is 0 Å². The van der Waals surface area contributed by atoms with Gasteiger partial charge in [0.05, 0.1) is 0 Å². The number of nitrogens with one attached hydrogen (secondary N) is 1. The highest BCUT2D eigenvalue weighted by Gasteiger charge is 1.98. The fraction of sp³-hybridized carbons (Fsp3) is 0.692. The first-order valence-corrected chi connectivity index (χ1v) is 6.46. The van der Waals surface area contributed by atoms with Crippen molar-refractivity contribution in [1.29, 1.82) is 0 Å². The molecule has 1 aromatic rings. The van der Waals surface area contributed by atoms with Crippen LogP contribution >= 0.6 is 0 Å². The first kappa shape index (κ1) is 13.9. The van der Waals surface area contributed by atoms with Crippen LogP contribution in [-0.2, 0) is 13.0 Å². The SMILES string of the molecule is CCn1ncnc1CC=CCCNCC(C)C. The Morgan fingerprint density at radius 1 is 1.41 bits per heavy atom. The van der Waals surface area contributed by atoms with Crippen molar-refractivity contribution < 1.29 is 0 Å². The summed E-state index contributed by atoms with van der Waals surface area (Å²) >= 11 is 0. The van der Waals surface area contributed by atoms with Gasteiger partial charge in [0.25, 0.3) is 0 Å². The lowest BCUT2D eigenvalue weighted by Crippen LogP contribution is -2.20. The molecular weight excluding hydrogens is 212 g/mol. The van der Waals surface area contributed by atoms with Crippen molar-refractivity contribution in [3.8, 4) is 0 Å². The molecule has 0 aliphatic heterocycles. The van der Waals surface area contributed by atoms with Gasteiger partial charge in [-0.1, -0.05) is 26.0 Å². The van der Waals surface area contributed by atoms with Crippen molar-refractivity contribution in [2.45, 2.75) is 40.2 Å². The summed E-state index contributed by atoms with van der Waals surface area (Å²) in [5.41, 5.74) is 0. The van der Waals surface area contributed by atoms with Crippen molar-refractivity contribution in [3.63, 3.8) is 0 Å². The van der Waals surface area contributed by atoms with Crippen molar-refractivity contribution in [2.24, 2.45) is 5.92 Å². The van der Waals surface area contributed by atoms with E-state index in [1.54, 1.807) is 6.33 Å². The lowest BCUT2D eigenvalue weighted by atomic mass is 10.2. The molecular formula is C13H24N4. The number of aromatic nitrogens is 3. The van der Waals surface area contributed by atoms with Crippen molar-refractivity contribution >= 4 is 0 Å². The molecule has 0 saturated carbocycles. The molecule has 0 bridgehead atoms. The molecule has 1 N–H and O–H groups in total. The summed E-state index contributed by atoms with van der Waals surface area (Å²) in [6, 6.07) is 0. The predicted molar refractivity (Wildman–Crippen MR) is 70.9 cm³/mol. The molecule has 1 heterocycles. The monoisotopic (exact) mass is 236 g/mol. The van der Waals surface area contributed by atoms with Crippen molar-refractivity contribution in [3.05, 3.63) is 24.3 Å². The maximum absolute atomic E-state index is 4.23. The highest BCUT2D eigenvalue weighted by atomic mass is 15.3. The zero-order valence-corrected chi connectivity index (χ0v) is 11.2. The third kappa shape index (κ3) is 5.63. The summed E-state index contributed by atoms with van der Waals surface area (Å²) in [6.07, 6.45) is 7.96. The van der Waals surface area contributed by atoms with Crippen LogP contribution < -0.4 is 5.32 Å². The largest absolute Gasteiger partial charge is 0.316 e. The zero-order valence-electron chi connectivity index (χ0n) is 11.2. The van der Waals surface area contributed by atoms with Gasteiger partial charge < -0.3 is 5.32 Å². The van der Waals surface area contributed by atoms with Crippen LogP contribution in [0.15, 0.2) is 18.5 Å². The van der Waals surface area contributed by atoms with Gasteiger partial charge in [0.2, 0.25) is 0 Å². The Morgan fingerprint density at radius 2 is 2.24 bits per heavy atom. The van der Waals surface area contributed by atoms with E-state index in [0.29, 0.717) is 0 Å². The van der Waals surface area contributed by atoms with Gasteiger partial charge in [0, 0.05) is 13.0 Å². The molecule has 96 valence electrons. The van der Waals surface area contributed by atoms with Gasteiger partial charge in [-0.05, 0) is 32.4 Å². The number of rotatable bonds is 8. The molecule has 1 aromatic heterocycles. The van der Waals surface area contributed by atoms with Crippen LogP contribution in [0.25, 0.3) is 0 Å². The second kappa shape index (κ2) is 8.01. The Kier molecular flexibility index (Phi) is 6.55. The molecule has 0 radical (unpaired) electrons. The minimum Gasteiger partial charge on any atom is -0.316 e. The summed E-state index contributed by atoms with van der Waals surface area (Å²) in [7, 11) is 0. The first-order valence-electron chi connectivity index (χ1n) is 6.46. The van der Waals surface area contributed by atoms with Gasteiger partial charge in [0.15, 0.2) is 0 Å². The summed E-state index contributed by atoms with van der Waals surface area (Å²) in [5, 5.41) is 7.56. The molecule has 0 aromatic carbocycles. The fourth-order valence-electron chi connectivity index (χ4n) is 1.59. The second-order valence-electron chi connectivity index (χ2n) is 4.55. The summed E-state index contributed by atoms with van der Waals surface area (Å²) < 4.78 is 1.93. The molecule has 17 heavy (non-hydrogen) atoms. The van der Waals surface area contributed by atoms with Gasteiger partial charge in [-0.15, -0.1) is 0 Å². The van der Waals surface area contributed by atoms with E-state index in [1.807, 2.05) is 4.68 Å². The lowest BCUT2D eigenvalue weighted by Gasteiger charge is -2.04. The lowest BCUT2D eigenvalue weighted by molar-refractivity contribution is 0.556. The molecule has 0 atom stereocenters. The van der Waals surface area contributed by atoms with Crippen molar-refractivity contribution in [2.75, 3.05) is 13.1 Å². The van der Waals surface area contributed by atoms with Crippen LogP contribution in [0, 0.1) is 5.92 Å². The molecule has 0 spiro atoms. The average molecular weight is 236 g/mol. The Bertz CT molecular complexity index is 328. The Morgan fingerprint density at radius 3 is 2.94 bits per heavy atom. The first-order chi connectivity index (χ1) is 8.24. The van der Waals surface area contributed by atoms with Crippen LogP contribution in [0.4, 0.5) is 0 Å². The minimum absolute atomic E-state index is 0.724. The van der Waals surface area contributed by atoms with Crippen LogP contribution in [-0.4, -0.2) is 27.9 Å². The number of aryl methyl sites for hydroxylation is 1. The second-order valence-corrected chi connectivity index (χ2v) is 4.55. The number of hydrogen-bond donors (Lipinski definition) is 1. The van der Waals surface area contributed by atoms with E-state index in [9.17, 15) is 0 Å². The van der Waals surface area contributed by atoms with Crippen LogP contribution in [0.1, 0.15) is 33.0 Å². The fourth-order valence-corrected chi connectivity index (χ4v) is 1.59. The summed E-state index contributed by atoms with van der Waals surface area (Å²) in [4.78, 5) is 4.23. The number of nitrogens with zero attached hydrogens (tertiary/aromatic N) is 3. The summed E-state index contributed by atoms with van der Waals surface area (Å²) in [5.74, 6) is 1.76. The number of hydrogen-bond acceptors (Lipinski definition) is 3. The van der Waals surface area contributed by atoms with Gasteiger partial charge in [-0.2, -0.15) is 5.10 Å². The highest BCUT2D eigenvalue weighted by Crippen LogP contribution is 1.97. The highest BCUT2D eigenvalue weighted by molar-refractivity contribution is 4.95. The molecule has 0 aliphatic carbocycles. The standard InChI is InChI=1S/C13H24N4/c1-4-17-13(15-11-16-17)8-6-5-7-9-14-10-12(2)3/h5-6,11-12,14H,4,7-10H2,1-3H3. The van der Waals surface area contributed by atoms with Gasteiger partial charge in [0.1, 0.15) is 12.2 Å². The van der Waals surface area contributed by atoms with Crippen LogP contribution in [0.5, 0.6) is 0 Å². The maximum atomic E-state index is 4.23. The Balaban J connectivity index is 2.14. The molecule has 1 rings (SSSR count). The van der Waals surface area contributed by atoms with E-state index in [2.05, 4.69) is 48.3 Å². The molecule has 0 saturated heterocycles. The average Bonchev–Trinajstić information content (AvgIpc) is 2.74. The Labute approximate surface area is 104 Å². The smallest absolute Gasteiger partial charge is 0.138 e. The molecule has 0 unspecified atom stereocenters. The molecule has 4 heteroatoms.